The smallest absolute Gasteiger partial charge is 0.224 e. The zero-order valence-corrected chi connectivity index (χ0v) is 10.8. The Morgan fingerprint density at radius 2 is 2.28 bits per heavy atom. The molecule has 1 aliphatic heterocycles. The van der Waals surface area contributed by atoms with Crippen molar-refractivity contribution in [3.8, 4) is 0 Å². The number of nitrogens with two attached hydrogens (primary N) is 1. The van der Waals surface area contributed by atoms with Crippen molar-refractivity contribution in [1.82, 2.24) is 5.32 Å². The number of nitrogens with one attached hydrogen (secondary N) is 2. The molecule has 1 unspecified atom stereocenters. The van der Waals surface area contributed by atoms with E-state index in [2.05, 4.69) is 22.8 Å². The van der Waals surface area contributed by atoms with Crippen molar-refractivity contribution in [1.29, 1.82) is 0 Å². The summed E-state index contributed by atoms with van der Waals surface area (Å²) in [5.74, 6) is 0.114. The molecule has 4 N–H and O–H groups in total. The lowest BCUT2D eigenvalue weighted by atomic mass is 9.95. The van der Waals surface area contributed by atoms with Crippen LogP contribution in [-0.4, -0.2) is 19.5 Å². The maximum Gasteiger partial charge on any atom is 0.224 e. The Kier molecular flexibility index (Phi) is 4.33. The molecule has 2 rings (SSSR count). The highest BCUT2D eigenvalue weighted by molar-refractivity contribution is 5.93. The van der Waals surface area contributed by atoms with Crippen LogP contribution in [0.15, 0.2) is 18.2 Å². The Hall–Kier alpha value is -1.39. The third-order valence-corrected chi connectivity index (χ3v) is 3.47. The first-order chi connectivity index (χ1) is 8.74. The quantitative estimate of drug-likeness (QED) is 0.740. The molecule has 1 heterocycles. The summed E-state index contributed by atoms with van der Waals surface area (Å²) in [6.07, 6.45) is 3.48. The Morgan fingerprint density at radius 1 is 1.44 bits per heavy atom. The second-order valence-corrected chi connectivity index (χ2v) is 4.74. The first-order valence-corrected chi connectivity index (χ1v) is 6.54. The molecular formula is C14H21N3O. The standard InChI is InChI=1S/C14H21N3O/c1-16-12(3-2-8-15)10-4-6-13-11(9-10)5-7-14(18)17-13/h4,6,9,12,16H,2-3,5,7-8,15H2,1H3,(H,17,18). The fourth-order valence-electron chi connectivity index (χ4n) is 2.42. The van der Waals surface area contributed by atoms with Gasteiger partial charge in [-0.1, -0.05) is 12.1 Å². The predicted octanol–water partition coefficient (Wildman–Crippen LogP) is 1.57. The molecule has 98 valence electrons. The summed E-state index contributed by atoms with van der Waals surface area (Å²) in [7, 11) is 1.97. The van der Waals surface area contributed by atoms with E-state index >= 15 is 0 Å². The van der Waals surface area contributed by atoms with Gasteiger partial charge >= 0.3 is 0 Å². The minimum Gasteiger partial charge on any atom is -0.330 e. The largest absolute Gasteiger partial charge is 0.330 e. The summed E-state index contributed by atoms with van der Waals surface area (Å²) >= 11 is 0. The van der Waals surface area contributed by atoms with Gasteiger partial charge in [-0.25, -0.2) is 0 Å². The molecule has 1 aromatic rings. The molecule has 0 fully saturated rings. The maximum absolute atomic E-state index is 11.3. The van der Waals surface area contributed by atoms with Crippen molar-refractivity contribution >= 4 is 11.6 Å². The number of anilines is 1. The van der Waals surface area contributed by atoms with E-state index in [-0.39, 0.29) is 5.91 Å². The van der Waals surface area contributed by atoms with Gasteiger partial charge in [0, 0.05) is 18.2 Å². The maximum atomic E-state index is 11.3. The molecule has 0 spiro atoms. The summed E-state index contributed by atoms with van der Waals surface area (Å²) in [4.78, 5) is 11.3. The molecule has 1 aliphatic rings. The highest BCUT2D eigenvalue weighted by Crippen LogP contribution is 2.27. The topological polar surface area (TPSA) is 67.1 Å². The summed E-state index contributed by atoms with van der Waals surface area (Å²) in [6.45, 7) is 0.721. The highest BCUT2D eigenvalue weighted by Gasteiger charge is 2.17. The van der Waals surface area contributed by atoms with Crippen LogP contribution in [0, 0.1) is 0 Å². The van der Waals surface area contributed by atoms with Crippen molar-refractivity contribution in [2.24, 2.45) is 5.73 Å². The Bertz CT molecular complexity index is 431. The first kappa shape index (κ1) is 13.1. The Morgan fingerprint density at radius 3 is 3.00 bits per heavy atom. The zero-order chi connectivity index (χ0) is 13.0. The van der Waals surface area contributed by atoms with E-state index in [4.69, 9.17) is 5.73 Å². The number of amides is 1. The van der Waals surface area contributed by atoms with Crippen molar-refractivity contribution in [2.75, 3.05) is 18.9 Å². The lowest BCUT2D eigenvalue weighted by Gasteiger charge is -2.21. The fourth-order valence-corrected chi connectivity index (χ4v) is 2.42. The first-order valence-electron chi connectivity index (χ1n) is 6.54. The van der Waals surface area contributed by atoms with Gasteiger partial charge in [-0.2, -0.15) is 0 Å². The number of hydrogen-bond acceptors (Lipinski definition) is 3. The minimum atomic E-state index is 0.114. The molecule has 1 amide bonds. The molecule has 0 aliphatic carbocycles. The SMILES string of the molecule is CNC(CCCN)c1ccc2c(c1)CCC(=O)N2. The normalized spacial score (nSPS) is 16.0. The molecule has 0 saturated heterocycles. The number of fused-ring (bicyclic) bond motifs is 1. The second-order valence-electron chi connectivity index (χ2n) is 4.74. The van der Waals surface area contributed by atoms with Gasteiger partial charge in [-0.05, 0) is 50.0 Å². The van der Waals surface area contributed by atoms with Crippen LogP contribution in [0.5, 0.6) is 0 Å². The van der Waals surface area contributed by atoms with Crippen LogP contribution < -0.4 is 16.4 Å². The van der Waals surface area contributed by atoms with Gasteiger partial charge in [0.1, 0.15) is 0 Å². The average Bonchev–Trinajstić information content (AvgIpc) is 2.39. The molecule has 4 heteroatoms. The molecule has 0 radical (unpaired) electrons. The van der Waals surface area contributed by atoms with Gasteiger partial charge in [0.25, 0.3) is 0 Å². The minimum absolute atomic E-state index is 0.114. The number of rotatable bonds is 5. The van der Waals surface area contributed by atoms with Crippen LogP contribution >= 0.6 is 0 Å². The van der Waals surface area contributed by atoms with Crippen LogP contribution in [0.2, 0.25) is 0 Å². The van der Waals surface area contributed by atoms with Gasteiger partial charge in [0.05, 0.1) is 0 Å². The van der Waals surface area contributed by atoms with E-state index < -0.39 is 0 Å². The monoisotopic (exact) mass is 247 g/mol. The van der Waals surface area contributed by atoms with Crippen LogP contribution in [0.4, 0.5) is 5.69 Å². The molecule has 18 heavy (non-hydrogen) atoms. The predicted molar refractivity (Wildman–Crippen MR) is 73.5 cm³/mol. The molecule has 0 aromatic heterocycles. The lowest BCUT2D eigenvalue weighted by Crippen LogP contribution is -2.21. The van der Waals surface area contributed by atoms with E-state index in [1.807, 2.05) is 13.1 Å². The molecule has 1 atom stereocenters. The molecule has 1 aromatic carbocycles. The summed E-state index contributed by atoms with van der Waals surface area (Å²) in [5.41, 5.74) is 9.04. The third-order valence-electron chi connectivity index (χ3n) is 3.47. The Balaban J connectivity index is 2.16. The molecule has 0 bridgehead atoms. The number of carbonyl (C=O) groups excluding carboxylic acids is 1. The number of carbonyl (C=O) groups is 1. The second kappa shape index (κ2) is 5.98. The van der Waals surface area contributed by atoms with Crippen molar-refractivity contribution in [2.45, 2.75) is 31.7 Å². The van der Waals surface area contributed by atoms with Crippen LogP contribution in [-0.2, 0) is 11.2 Å². The number of aryl methyl sites for hydroxylation is 1. The number of benzene rings is 1. The van der Waals surface area contributed by atoms with E-state index in [0.29, 0.717) is 12.5 Å². The van der Waals surface area contributed by atoms with E-state index in [1.165, 1.54) is 11.1 Å². The summed E-state index contributed by atoms with van der Waals surface area (Å²) < 4.78 is 0. The van der Waals surface area contributed by atoms with Crippen LogP contribution in [0.25, 0.3) is 0 Å². The summed E-state index contributed by atoms with van der Waals surface area (Å²) in [5, 5.41) is 6.23. The van der Waals surface area contributed by atoms with E-state index in [9.17, 15) is 4.79 Å². The van der Waals surface area contributed by atoms with Gasteiger partial charge < -0.3 is 16.4 Å². The third kappa shape index (κ3) is 2.89. The van der Waals surface area contributed by atoms with Gasteiger partial charge in [0.15, 0.2) is 0 Å². The summed E-state index contributed by atoms with van der Waals surface area (Å²) in [6, 6.07) is 6.64. The average molecular weight is 247 g/mol. The van der Waals surface area contributed by atoms with Gasteiger partial charge in [-0.3, -0.25) is 4.79 Å². The fraction of sp³-hybridized carbons (Fsp3) is 0.500. The van der Waals surface area contributed by atoms with Gasteiger partial charge in [0.2, 0.25) is 5.91 Å². The zero-order valence-electron chi connectivity index (χ0n) is 10.8. The van der Waals surface area contributed by atoms with Crippen LogP contribution in [0.1, 0.15) is 36.4 Å². The lowest BCUT2D eigenvalue weighted by molar-refractivity contribution is -0.116. The highest BCUT2D eigenvalue weighted by atomic mass is 16.1. The Labute approximate surface area is 108 Å². The van der Waals surface area contributed by atoms with E-state index in [0.717, 1.165) is 31.5 Å². The van der Waals surface area contributed by atoms with Crippen LogP contribution in [0.3, 0.4) is 0 Å². The molecule has 0 saturated carbocycles. The molecular weight excluding hydrogens is 226 g/mol. The van der Waals surface area contributed by atoms with Crippen molar-refractivity contribution < 1.29 is 4.79 Å². The number of hydrogen-bond donors (Lipinski definition) is 3. The van der Waals surface area contributed by atoms with E-state index in [1.54, 1.807) is 0 Å². The van der Waals surface area contributed by atoms with Crippen molar-refractivity contribution in [3.05, 3.63) is 29.3 Å². The molecule has 4 nitrogen and oxygen atoms in total. The van der Waals surface area contributed by atoms with Gasteiger partial charge in [-0.15, -0.1) is 0 Å². The van der Waals surface area contributed by atoms with Crippen molar-refractivity contribution in [3.63, 3.8) is 0 Å².